The predicted molar refractivity (Wildman–Crippen MR) is 116 cm³/mol. The molecule has 1 N–H and O–H groups in total. The van der Waals surface area contributed by atoms with Crippen molar-refractivity contribution < 1.29 is 23.9 Å². The van der Waals surface area contributed by atoms with E-state index in [1.165, 1.54) is 20.8 Å². The fraction of sp³-hybridized carbons (Fsp3) is 0.333. The second kappa shape index (κ2) is 9.12. The van der Waals surface area contributed by atoms with Crippen molar-refractivity contribution in [3.8, 4) is 0 Å². The summed E-state index contributed by atoms with van der Waals surface area (Å²) in [5.74, 6) is -1.46. The summed E-state index contributed by atoms with van der Waals surface area (Å²) in [6.07, 6.45) is -0.333. The summed E-state index contributed by atoms with van der Waals surface area (Å²) in [6, 6.07) is 11.2. The topological polar surface area (TPSA) is 92.8 Å². The Balaban J connectivity index is 1.61. The summed E-state index contributed by atoms with van der Waals surface area (Å²) in [5, 5.41) is 2.59. The number of amides is 2. The molecule has 0 bridgehead atoms. The Morgan fingerprint density at radius 1 is 1.03 bits per heavy atom. The van der Waals surface area contributed by atoms with E-state index in [-0.39, 0.29) is 17.6 Å². The third-order valence-electron chi connectivity index (χ3n) is 5.28. The van der Waals surface area contributed by atoms with Crippen LogP contribution < -0.4 is 10.2 Å². The first-order valence-corrected chi connectivity index (χ1v) is 10.2. The van der Waals surface area contributed by atoms with Gasteiger partial charge in [-0.25, -0.2) is 4.79 Å². The standard InChI is InChI=1S/C24H26N2O5/c1-14-6-5-7-20(12-14)23(29)25-15(2)24(30)31-16(3)22(28)19-8-9-21-18(13-19)10-11-26(21)17(4)27/h5-9,12-13,15-16H,10-11H2,1-4H3,(H,25,29)/t15-,16-/m1/s1. The van der Waals surface area contributed by atoms with Crippen LogP contribution >= 0.6 is 0 Å². The molecule has 0 aromatic heterocycles. The quantitative estimate of drug-likeness (QED) is 0.571. The second-order valence-electron chi connectivity index (χ2n) is 7.77. The van der Waals surface area contributed by atoms with Gasteiger partial charge in [0.15, 0.2) is 6.10 Å². The number of nitrogens with zero attached hydrogens (tertiary/aromatic N) is 1. The molecule has 0 radical (unpaired) electrons. The largest absolute Gasteiger partial charge is 0.453 e. The minimum absolute atomic E-state index is 0.0400. The number of esters is 1. The van der Waals surface area contributed by atoms with Crippen LogP contribution in [0.25, 0.3) is 0 Å². The maximum atomic E-state index is 12.8. The van der Waals surface area contributed by atoms with E-state index in [0.717, 1.165) is 16.8 Å². The molecule has 0 saturated heterocycles. The van der Waals surface area contributed by atoms with E-state index in [1.54, 1.807) is 41.3 Å². The number of ether oxygens (including phenoxy) is 1. The molecule has 1 heterocycles. The molecule has 162 valence electrons. The van der Waals surface area contributed by atoms with E-state index in [9.17, 15) is 19.2 Å². The minimum atomic E-state index is -1.01. The van der Waals surface area contributed by atoms with Gasteiger partial charge in [-0.2, -0.15) is 0 Å². The highest BCUT2D eigenvalue weighted by molar-refractivity contribution is 6.02. The number of carbonyl (C=O) groups is 4. The second-order valence-corrected chi connectivity index (χ2v) is 7.77. The number of aryl methyl sites for hydroxylation is 1. The highest BCUT2D eigenvalue weighted by Crippen LogP contribution is 2.29. The van der Waals surface area contributed by atoms with Crippen molar-refractivity contribution in [1.29, 1.82) is 0 Å². The number of Topliss-reactive ketones (excluding diaryl/α,β-unsaturated/α-hetero) is 1. The molecule has 2 aromatic rings. The average Bonchev–Trinajstić information content (AvgIpc) is 3.16. The van der Waals surface area contributed by atoms with Gasteiger partial charge in [0.25, 0.3) is 5.91 Å². The third-order valence-corrected chi connectivity index (χ3v) is 5.28. The van der Waals surface area contributed by atoms with Crippen LogP contribution in [0.2, 0.25) is 0 Å². The van der Waals surface area contributed by atoms with Gasteiger partial charge < -0.3 is 15.0 Å². The fourth-order valence-electron chi connectivity index (χ4n) is 3.57. The Kier molecular flexibility index (Phi) is 6.53. The Hall–Kier alpha value is -3.48. The Bertz CT molecular complexity index is 1050. The average molecular weight is 422 g/mol. The summed E-state index contributed by atoms with van der Waals surface area (Å²) in [4.78, 5) is 50.8. The number of nitrogens with one attached hydrogen (secondary N) is 1. The maximum absolute atomic E-state index is 12.8. The number of hydrogen-bond donors (Lipinski definition) is 1. The summed E-state index contributed by atoms with van der Waals surface area (Å²) < 4.78 is 5.30. The molecule has 0 aliphatic carbocycles. The van der Waals surface area contributed by atoms with Crippen LogP contribution in [-0.2, 0) is 20.7 Å². The smallest absolute Gasteiger partial charge is 0.329 e. The lowest BCUT2D eigenvalue weighted by Crippen LogP contribution is -2.41. The van der Waals surface area contributed by atoms with Crippen LogP contribution in [0.1, 0.15) is 52.6 Å². The zero-order chi connectivity index (χ0) is 22.7. The van der Waals surface area contributed by atoms with Gasteiger partial charge in [-0.1, -0.05) is 17.7 Å². The van der Waals surface area contributed by atoms with Crippen molar-refractivity contribution >= 4 is 29.3 Å². The molecule has 2 aromatic carbocycles. The van der Waals surface area contributed by atoms with Crippen LogP contribution in [0.4, 0.5) is 5.69 Å². The first kappa shape index (κ1) is 22.2. The Morgan fingerprint density at radius 2 is 1.77 bits per heavy atom. The van der Waals surface area contributed by atoms with Gasteiger partial charge in [-0.15, -0.1) is 0 Å². The van der Waals surface area contributed by atoms with Gasteiger partial charge in [-0.05, 0) is 63.1 Å². The van der Waals surface area contributed by atoms with Gasteiger partial charge in [-0.3, -0.25) is 14.4 Å². The number of rotatable bonds is 6. The lowest BCUT2D eigenvalue weighted by molar-refractivity contribution is -0.148. The first-order valence-electron chi connectivity index (χ1n) is 10.2. The van der Waals surface area contributed by atoms with Gasteiger partial charge in [0.2, 0.25) is 11.7 Å². The molecule has 0 saturated carbocycles. The van der Waals surface area contributed by atoms with Crippen molar-refractivity contribution in [2.45, 2.75) is 46.3 Å². The molecular formula is C24H26N2O5. The Labute approximate surface area is 181 Å². The minimum Gasteiger partial charge on any atom is -0.453 e. The van der Waals surface area contributed by atoms with Crippen molar-refractivity contribution in [3.05, 3.63) is 64.7 Å². The van der Waals surface area contributed by atoms with Gasteiger partial charge in [0, 0.05) is 30.3 Å². The van der Waals surface area contributed by atoms with E-state index in [0.29, 0.717) is 24.1 Å². The maximum Gasteiger partial charge on any atom is 0.329 e. The highest BCUT2D eigenvalue weighted by Gasteiger charge is 2.27. The molecule has 0 fully saturated rings. The molecule has 7 heteroatoms. The zero-order valence-electron chi connectivity index (χ0n) is 18.1. The van der Waals surface area contributed by atoms with Gasteiger partial charge in [0.1, 0.15) is 6.04 Å². The van der Waals surface area contributed by atoms with E-state index in [4.69, 9.17) is 4.74 Å². The lowest BCUT2D eigenvalue weighted by Gasteiger charge is -2.18. The molecule has 2 atom stereocenters. The number of ketones is 1. The SMILES string of the molecule is CC(=O)N1CCc2cc(C(=O)[C@@H](C)OC(=O)[C@@H](C)NC(=O)c3cccc(C)c3)ccc21. The molecule has 1 aliphatic rings. The van der Waals surface area contributed by atoms with Crippen molar-refractivity contribution in [3.63, 3.8) is 0 Å². The molecule has 1 aliphatic heterocycles. The van der Waals surface area contributed by atoms with Crippen molar-refractivity contribution in [1.82, 2.24) is 5.32 Å². The third kappa shape index (κ3) is 4.99. The summed E-state index contributed by atoms with van der Waals surface area (Å²) >= 11 is 0. The fourth-order valence-corrected chi connectivity index (χ4v) is 3.57. The predicted octanol–water partition coefficient (Wildman–Crippen LogP) is 2.84. The summed E-state index contributed by atoms with van der Waals surface area (Å²) in [5.41, 5.74) is 3.52. The number of hydrogen-bond acceptors (Lipinski definition) is 5. The monoisotopic (exact) mass is 422 g/mol. The summed E-state index contributed by atoms with van der Waals surface area (Å²) in [6.45, 7) is 6.99. The molecule has 3 rings (SSSR count). The van der Waals surface area contributed by atoms with Crippen LogP contribution in [0.3, 0.4) is 0 Å². The van der Waals surface area contributed by atoms with Crippen LogP contribution in [0, 0.1) is 6.92 Å². The van der Waals surface area contributed by atoms with Crippen LogP contribution in [0.5, 0.6) is 0 Å². The molecule has 0 unspecified atom stereocenters. The van der Waals surface area contributed by atoms with Crippen molar-refractivity contribution in [2.75, 3.05) is 11.4 Å². The van der Waals surface area contributed by atoms with E-state index in [1.807, 2.05) is 13.0 Å². The summed E-state index contributed by atoms with van der Waals surface area (Å²) in [7, 11) is 0. The number of fused-ring (bicyclic) bond motifs is 1. The number of anilines is 1. The van der Waals surface area contributed by atoms with Crippen LogP contribution in [-0.4, -0.2) is 42.3 Å². The number of benzene rings is 2. The molecule has 31 heavy (non-hydrogen) atoms. The van der Waals surface area contributed by atoms with E-state index in [2.05, 4.69) is 5.32 Å². The van der Waals surface area contributed by atoms with Crippen LogP contribution in [0.15, 0.2) is 42.5 Å². The van der Waals surface area contributed by atoms with Gasteiger partial charge in [0.05, 0.1) is 0 Å². The molecular weight excluding hydrogens is 396 g/mol. The Morgan fingerprint density at radius 3 is 2.45 bits per heavy atom. The molecule has 7 nitrogen and oxygen atoms in total. The van der Waals surface area contributed by atoms with Crippen molar-refractivity contribution in [2.24, 2.45) is 0 Å². The van der Waals surface area contributed by atoms with E-state index >= 15 is 0 Å². The zero-order valence-corrected chi connectivity index (χ0v) is 18.1. The van der Waals surface area contributed by atoms with E-state index < -0.39 is 18.1 Å². The molecule has 2 amide bonds. The highest BCUT2D eigenvalue weighted by atomic mass is 16.5. The normalized spacial score (nSPS) is 14.4. The number of carbonyl (C=O) groups excluding carboxylic acids is 4. The lowest BCUT2D eigenvalue weighted by atomic mass is 10.0. The van der Waals surface area contributed by atoms with Gasteiger partial charge >= 0.3 is 5.97 Å². The first-order chi connectivity index (χ1) is 14.7. The molecule has 0 spiro atoms.